The lowest BCUT2D eigenvalue weighted by atomic mass is 10.0. The smallest absolute Gasteiger partial charge is 0.315 e. The van der Waals surface area contributed by atoms with Crippen LogP contribution in [0.15, 0.2) is 97.1 Å². The summed E-state index contributed by atoms with van der Waals surface area (Å²) < 4.78 is 75.6. The highest BCUT2D eigenvalue weighted by Gasteiger charge is 2.44. The van der Waals surface area contributed by atoms with E-state index < -0.39 is 101 Å². The minimum absolute atomic E-state index is 0. The summed E-state index contributed by atoms with van der Waals surface area (Å²) >= 11 is 9.05. The van der Waals surface area contributed by atoms with Crippen LogP contribution in [0.5, 0.6) is 0 Å². The molecule has 36 heteroatoms. The van der Waals surface area contributed by atoms with E-state index in [0.717, 1.165) is 74.3 Å². The normalized spacial score (nSPS) is 18.9. The third-order valence-electron chi connectivity index (χ3n) is 16.7. The zero-order valence-electron chi connectivity index (χ0n) is 58.5. The first-order chi connectivity index (χ1) is 50.9. The third-order valence-corrected chi connectivity index (χ3v) is 19.9. The minimum Gasteiger partial charge on any atom is -0.481 e. The molecule has 0 spiro atoms. The highest BCUT2D eigenvalue weighted by Crippen LogP contribution is 2.34. The van der Waals surface area contributed by atoms with Crippen molar-refractivity contribution in [2.24, 2.45) is 0 Å². The maximum atomic E-state index is 13.5. The van der Waals surface area contributed by atoms with E-state index in [1.807, 2.05) is 23.5 Å². The van der Waals surface area contributed by atoms with Crippen molar-refractivity contribution in [3.63, 3.8) is 0 Å². The Morgan fingerprint density at radius 1 is 0.477 bits per heavy atom. The van der Waals surface area contributed by atoms with Crippen LogP contribution in [0.25, 0.3) is 0 Å². The molecule has 0 saturated carbocycles. The van der Waals surface area contributed by atoms with Crippen LogP contribution >= 0.6 is 35.3 Å². The van der Waals surface area contributed by atoms with Crippen LogP contribution in [0.2, 0.25) is 0 Å². The van der Waals surface area contributed by atoms with Gasteiger partial charge < -0.3 is 92.8 Å². The molecule has 4 aliphatic heterocycles. The minimum atomic E-state index is -1.93. The van der Waals surface area contributed by atoms with Crippen LogP contribution in [0.4, 0.5) is 27.2 Å². The van der Waals surface area contributed by atoms with E-state index in [0.29, 0.717) is 79.7 Å². The maximum absolute atomic E-state index is 13.5. The van der Waals surface area contributed by atoms with Crippen LogP contribution < -0.4 is 63.3 Å². The Labute approximate surface area is 631 Å². The number of rotatable bonds is 42. The maximum Gasteiger partial charge on any atom is 0.315 e. The molecule has 107 heavy (non-hydrogen) atoms. The molecule has 0 aromatic heterocycles. The van der Waals surface area contributed by atoms with Gasteiger partial charge in [-0.15, -0.1) is 0 Å². The first-order valence-electron chi connectivity index (χ1n) is 34.6. The molecule has 0 aliphatic carbocycles. The standard InChI is InChI=1S/C35H46F2N6O8S.C25H31ClF2N4O6.C10H16N2O3S.CH4/c1-21(40-34(48)31(45)23-17-24(36)19-25(37)18-23)32(46)42-29(22-7-3-2-4-8-22)33(47)39-12-14-51-16-15-50-13-11-38-28(44)10-6-5-9-27-30-26(20-52-27)41-35(49)43-30;1-16(31-25(36)22(33)18-13-19(27)15-20(28)14-18)23(34)32-21(17-5-3-2-4-6-17)24(35)29-7-9-37-11-12-38-10-8-30-26;13-8(14)4-2-1-3-7-9-6(5-16-7)11-10(15)12-9;/h2-4,7-8,17-19,21,26-27,29-31,45H,5-6,9-16,20H2,1H3,(H,38,44)(H,39,47)(H,40,48)(H,42,46)(H2,41,43,49);2-6,13-16,21-22,30,33H,7-12H2,1H3,(H,29,35)(H,31,36)(H,32,34);6-7,9H,1-5H2,(H,13,14)(H2,11,12,15);1H4/t21-,26-,27?,29-,30-,31?;16-,21-,22?;6-,7-,9-;/m000./s1. The Bertz CT molecular complexity index is 3470. The number of nitrogens with one attached hydrogen (secondary N) is 12. The van der Waals surface area contributed by atoms with Gasteiger partial charge in [-0.05, 0) is 97.8 Å². The molecule has 4 fully saturated rings. The number of aliphatic carboxylic acids is 1. The number of aliphatic hydroxyl groups is 2. The number of carbonyl (C=O) groups is 10. The Kier molecular flexibility index (Phi) is 40.1. The second-order valence-corrected chi connectivity index (χ2v) is 27.6. The number of benzene rings is 4. The van der Waals surface area contributed by atoms with E-state index in [-0.39, 0.29) is 107 Å². The highest BCUT2D eigenvalue weighted by atomic mass is 35.5. The van der Waals surface area contributed by atoms with Gasteiger partial charge >= 0.3 is 18.0 Å². The fourth-order valence-corrected chi connectivity index (χ4v) is 14.4. The zero-order chi connectivity index (χ0) is 76.9. The van der Waals surface area contributed by atoms with E-state index >= 15 is 0 Å². The number of aliphatic hydroxyl groups excluding tert-OH is 2. The fourth-order valence-electron chi connectivity index (χ4n) is 11.3. The first-order valence-corrected chi connectivity index (χ1v) is 37.0. The number of thioether (sulfide) groups is 2. The van der Waals surface area contributed by atoms with Gasteiger partial charge in [-0.2, -0.15) is 23.5 Å². The number of unbranched alkanes of at least 4 members (excludes halogenated alkanes) is 2. The summed E-state index contributed by atoms with van der Waals surface area (Å²) in [5.74, 6) is -7.37. The Morgan fingerprint density at radius 3 is 1.21 bits per heavy atom. The summed E-state index contributed by atoms with van der Waals surface area (Å²) in [6.45, 7) is 6.19. The predicted molar refractivity (Wildman–Crippen MR) is 391 cm³/mol. The van der Waals surface area contributed by atoms with Crippen molar-refractivity contribution in [2.45, 2.75) is 144 Å². The van der Waals surface area contributed by atoms with Crippen LogP contribution in [0.3, 0.4) is 0 Å². The van der Waals surface area contributed by atoms with Crippen LogP contribution in [0.1, 0.15) is 119 Å². The van der Waals surface area contributed by atoms with E-state index in [1.165, 1.54) is 13.8 Å². The van der Waals surface area contributed by atoms with Crippen molar-refractivity contribution in [3.8, 4) is 0 Å². The average molecular weight is 1570 g/mol. The predicted octanol–water partition coefficient (Wildman–Crippen LogP) is 4.04. The number of carbonyl (C=O) groups excluding carboxylic acids is 9. The summed E-state index contributed by atoms with van der Waals surface area (Å²) in [4.78, 5) is 124. The molecular formula is C71H97ClF4N12O17S2. The van der Waals surface area contributed by atoms with Gasteiger partial charge in [-0.3, -0.25) is 38.4 Å². The second-order valence-electron chi connectivity index (χ2n) is 24.8. The first kappa shape index (κ1) is 89.2. The number of carboxylic acid groups (broad SMARTS) is 1. The number of fused-ring (bicyclic) bond motifs is 2. The number of urea groups is 2. The van der Waals surface area contributed by atoms with Gasteiger partial charge in [0.05, 0.1) is 77.0 Å². The van der Waals surface area contributed by atoms with Crippen molar-refractivity contribution in [3.05, 3.63) is 143 Å². The van der Waals surface area contributed by atoms with Gasteiger partial charge in [0.25, 0.3) is 11.8 Å². The summed E-state index contributed by atoms with van der Waals surface area (Å²) in [7, 11) is 0. The Balaban J connectivity index is 0.000000324. The molecule has 3 unspecified atom stereocenters. The molecule has 4 saturated heterocycles. The van der Waals surface area contributed by atoms with Gasteiger partial charge in [0.2, 0.25) is 29.5 Å². The molecule has 590 valence electrons. The number of ether oxygens (including phenoxy) is 4. The third kappa shape index (κ3) is 31.8. The molecule has 4 aliphatic rings. The fraction of sp³-hybridized carbons (Fsp3) is 0.521. The van der Waals surface area contributed by atoms with Crippen molar-refractivity contribution in [2.75, 3.05) is 90.5 Å². The average Bonchev–Trinajstić information content (AvgIpc) is 1.69. The van der Waals surface area contributed by atoms with Crippen LogP contribution in [0, 0.1) is 23.3 Å². The van der Waals surface area contributed by atoms with Gasteiger partial charge in [-0.1, -0.05) is 80.9 Å². The monoisotopic (exact) mass is 1560 g/mol. The summed E-state index contributed by atoms with van der Waals surface area (Å²) in [5, 5.41) is 59.4. The number of hydrogen-bond acceptors (Lipinski definition) is 19. The largest absolute Gasteiger partial charge is 0.481 e. The molecule has 15 N–H and O–H groups in total. The molecule has 11 amide bonds. The molecule has 29 nitrogen and oxygen atoms in total. The topological polar surface area (TPSA) is 413 Å². The number of carboxylic acids is 1. The number of hydrogen-bond donors (Lipinski definition) is 15. The van der Waals surface area contributed by atoms with Gasteiger partial charge in [-0.25, -0.2) is 32.0 Å². The van der Waals surface area contributed by atoms with Gasteiger partial charge in [0, 0.05) is 73.2 Å². The summed E-state index contributed by atoms with van der Waals surface area (Å²) in [6.07, 6.45) is 2.11. The number of halogens is 5. The van der Waals surface area contributed by atoms with Gasteiger partial charge in [0.1, 0.15) is 47.4 Å². The number of amides is 11. The van der Waals surface area contributed by atoms with Crippen LogP contribution in [-0.4, -0.2) is 212 Å². The molecule has 12 atom stereocenters. The molecule has 4 aromatic rings. The molecular weight excluding hydrogens is 1470 g/mol. The molecule has 4 aromatic carbocycles. The lowest BCUT2D eigenvalue weighted by Gasteiger charge is -2.22. The van der Waals surface area contributed by atoms with E-state index in [1.54, 1.807) is 60.7 Å². The summed E-state index contributed by atoms with van der Waals surface area (Å²) in [6, 6.07) is 17.4. The van der Waals surface area contributed by atoms with E-state index in [9.17, 15) is 75.7 Å². The lowest BCUT2D eigenvalue weighted by molar-refractivity contribution is -0.137. The van der Waals surface area contributed by atoms with Crippen molar-refractivity contribution in [1.82, 2.24) is 63.3 Å². The van der Waals surface area contributed by atoms with E-state index in [4.69, 9.17) is 35.8 Å². The zero-order valence-corrected chi connectivity index (χ0v) is 60.9. The quantitative estimate of drug-likeness (QED) is 0.0129. The highest BCUT2D eigenvalue weighted by molar-refractivity contribution is 8.00. The summed E-state index contributed by atoms with van der Waals surface area (Å²) in [5.41, 5.74) is 0.338. The van der Waals surface area contributed by atoms with Crippen molar-refractivity contribution >= 4 is 94.7 Å². The lowest BCUT2D eigenvalue weighted by Crippen LogP contribution is -2.50. The van der Waals surface area contributed by atoms with E-state index in [2.05, 4.69) is 63.3 Å². The van der Waals surface area contributed by atoms with Crippen molar-refractivity contribution in [1.29, 1.82) is 0 Å². The molecule has 0 radical (unpaired) electrons. The molecule has 8 rings (SSSR count). The molecule has 4 heterocycles. The second kappa shape index (κ2) is 48.1. The Hall–Kier alpha value is -8.39. The van der Waals surface area contributed by atoms with Gasteiger partial charge in [0.15, 0.2) is 12.2 Å². The van der Waals surface area contributed by atoms with Crippen molar-refractivity contribution < 1.29 is 99.8 Å². The van der Waals surface area contributed by atoms with Crippen LogP contribution in [-0.2, 0) is 57.3 Å². The molecule has 0 bridgehead atoms. The Morgan fingerprint density at radius 2 is 0.841 bits per heavy atom. The SMILES string of the molecule is C.C[C@H](NC(=O)C(O)c1cc(F)cc(F)c1)C(=O)N[C@H](C(=O)NCCOCCOCCNC(=O)CCCCC1SC[C@@H]2NC(=O)N[C@H]12)c1ccccc1.C[C@H](NC(=O)C(O)c1cc(F)cc(F)c1)C(=O)N[C@H](C(=O)NCCOCCOCCNCl)c1ccccc1.O=C(O)CCCC[C@@H]1SC[C@@H]2NC(=O)N[C@@H]21.